The Morgan fingerprint density at radius 3 is 2.54 bits per heavy atom. The second kappa shape index (κ2) is 7.14. The maximum Gasteiger partial charge on any atom is 0.254 e. The lowest BCUT2D eigenvalue weighted by Crippen LogP contribution is -2.36. The van der Waals surface area contributed by atoms with Gasteiger partial charge in [0, 0.05) is 30.0 Å². The monoisotopic (exact) mass is 341 g/mol. The molecular weight excluding hydrogens is 322 g/mol. The van der Waals surface area contributed by atoms with Gasteiger partial charge >= 0.3 is 0 Å². The molecule has 1 amide bonds. The molecule has 3 rings (SSSR count). The van der Waals surface area contributed by atoms with Crippen LogP contribution in [0.4, 0.5) is 0 Å². The molecule has 1 saturated heterocycles. The minimum atomic E-state index is 0.0233. The van der Waals surface area contributed by atoms with Crippen LogP contribution >= 0.6 is 11.6 Å². The van der Waals surface area contributed by atoms with Crippen LogP contribution in [0.5, 0.6) is 0 Å². The van der Waals surface area contributed by atoms with Gasteiger partial charge in [0.1, 0.15) is 5.15 Å². The third-order valence-electron chi connectivity index (χ3n) is 4.12. The summed E-state index contributed by atoms with van der Waals surface area (Å²) in [6.45, 7) is 5.27. The molecule has 0 bridgehead atoms. The molecular formula is C19H20ClN3O. The van der Waals surface area contributed by atoms with Crippen molar-refractivity contribution in [1.82, 2.24) is 14.9 Å². The first-order valence-electron chi connectivity index (χ1n) is 8.08. The lowest BCUT2D eigenvalue weighted by molar-refractivity contribution is 0.0744. The Morgan fingerprint density at radius 2 is 1.88 bits per heavy atom. The summed E-state index contributed by atoms with van der Waals surface area (Å²) in [5.74, 6) is 0.0233. The molecule has 0 saturated carbocycles. The standard InChI is InChI=1S/C19H20ClN3O/c1-13-4-3-5-17(21-13)11-15-6-8-23(9-7-15)19(24)16-10-14(2)22-18(20)12-16/h3-5,10-12H,6-9H2,1-2H3. The van der Waals surface area contributed by atoms with Crippen LogP contribution in [0.2, 0.25) is 5.15 Å². The van der Waals surface area contributed by atoms with E-state index in [1.807, 2.05) is 36.9 Å². The third-order valence-corrected chi connectivity index (χ3v) is 4.32. The lowest BCUT2D eigenvalue weighted by Gasteiger charge is -2.28. The van der Waals surface area contributed by atoms with Gasteiger partial charge in [-0.1, -0.05) is 23.2 Å². The number of likely N-dealkylation sites (tertiary alicyclic amines) is 1. The molecule has 0 radical (unpaired) electrons. The molecule has 0 N–H and O–H groups in total. The number of hydrogen-bond acceptors (Lipinski definition) is 3. The number of aromatic nitrogens is 2. The van der Waals surface area contributed by atoms with Crippen LogP contribution in [0, 0.1) is 13.8 Å². The van der Waals surface area contributed by atoms with Crippen LogP contribution in [0.3, 0.4) is 0 Å². The quantitative estimate of drug-likeness (QED) is 0.774. The molecule has 3 heterocycles. The highest BCUT2D eigenvalue weighted by Gasteiger charge is 2.21. The normalized spacial score (nSPS) is 14.6. The number of nitrogens with zero attached hydrogens (tertiary/aromatic N) is 3. The number of carbonyl (C=O) groups excluding carboxylic acids is 1. The van der Waals surface area contributed by atoms with Crippen LogP contribution in [0.1, 0.15) is 40.3 Å². The first-order valence-corrected chi connectivity index (χ1v) is 8.45. The highest BCUT2D eigenvalue weighted by molar-refractivity contribution is 6.29. The van der Waals surface area contributed by atoms with E-state index in [-0.39, 0.29) is 5.91 Å². The second-order valence-electron chi connectivity index (χ2n) is 6.12. The summed E-state index contributed by atoms with van der Waals surface area (Å²) in [6, 6.07) is 9.45. The van der Waals surface area contributed by atoms with E-state index < -0.39 is 0 Å². The van der Waals surface area contributed by atoms with Gasteiger partial charge in [0.05, 0.1) is 5.69 Å². The van der Waals surface area contributed by atoms with E-state index in [1.54, 1.807) is 12.1 Å². The summed E-state index contributed by atoms with van der Waals surface area (Å²) in [5, 5.41) is 0.362. The molecule has 2 aromatic rings. The SMILES string of the molecule is Cc1cc(C(=O)N2CCC(=Cc3cccc(C)n3)CC2)cc(Cl)n1. The topological polar surface area (TPSA) is 46.1 Å². The average molecular weight is 342 g/mol. The maximum atomic E-state index is 12.6. The lowest BCUT2D eigenvalue weighted by atomic mass is 10.0. The molecule has 5 heteroatoms. The summed E-state index contributed by atoms with van der Waals surface area (Å²) in [6.07, 6.45) is 3.89. The summed E-state index contributed by atoms with van der Waals surface area (Å²) in [4.78, 5) is 23.1. The molecule has 4 nitrogen and oxygen atoms in total. The zero-order valence-corrected chi connectivity index (χ0v) is 14.7. The van der Waals surface area contributed by atoms with Gasteiger partial charge in [-0.3, -0.25) is 9.78 Å². The Bertz CT molecular complexity index is 771. The van der Waals surface area contributed by atoms with Crippen molar-refractivity contribution in [2.45, 2.75) is 26.7 Å². The van der Waals surface area contributed by atoms with Crippen molar-refractivity contribution in [1.29, 1.82) is 0 Å². The van der Waals surface area contributed by atoms with E-state index in [0.717, 1.165) is 43.0 Å². The van der Waals surface area contributed by atoms with Crippen LogP contribution in [0.15, 0.2) is 35.9 Å². The number of piperidine rings is 1. The van der Waals surface area contributed by atoms with Crippen LogP contribution < -0.4 is 0 Å². The fourth-order valence-corrected chi connectivity index (χ4v) is 3.18. The molecule has 0 spiro atoms. The van der Waals surface area contributed by atoms with Crippen LogP contribution in [-0.2, 0) is 0 Å². The van der Waals surface area contributed by atoms with E-state index in [9.17, 15) is 4.79 Å². The molecule has 0 aromatic carbocycles. The number of carbonyl (C=O) groups is 1. The molecule has 0 aliphatic carbocycles. The van der Waals surface area contributed by atoms with Crippen LogP contribution in [-0.4, -0.2) is 33.9 Å². The van der Waals surface area contributed by atoms with E-state index in [4.69, 9.17) is 11.6 Å². The molecule has 1 aliphatic rings. The Hall–Kier alpha value is -2.20. The molecule has 0 unspecified atom stereocenters. The predicted octanol–water partition coefficient (Wildman–Crippen LogP) is 4.07. The van der Waals surface area contributed by atoms with Crippen molar-refractivity contribution in [2.24, 2.45) is 0 Å². The van der Waals surface area contributed by atoms with E-state index in [0.29, 0.717) is 10.7 Å². The van der Waals surface area contributed by atoms with Crippen molar-refractivity contribution in [3.63, 3.8) is 0 Å². The highest BCUT2D eigenvalue weighted by Crippen LogP contribution is 2.21. The van der Waals surface area contributed by atoms with Gasteiger partial charge in [-0.25, -0.2) is 4.98 Å². The molecule has 24 heavy (non-hydrogen) atoms. The molecule has 1 fully saturated rings. The number of hydrogen-bond donors (Lipinski definition) is 0. The average Bonchev–Trinajstić information content (AvgIpc) is 2.54. The van der Waals surface area contributed by atoms with Crippen molar-refractivity contribution in [3.8, 4) is 0 Å². The fraction of sp³-hybridized carbons (Fsp3) is 0.316. The van der Waals surface area contributed by atoms with Gasteiger partial charge in [0.15, 0.2) is 0 Å². The van der Waals surface area contributed by atoms with Gasteiger partial charge < -0.3 is 4.90 Å². The maximum absolute atomic E-state index is 12.6. The van der Waals surface area contributed by atoms with E-state index >= 15 is 0 Å². The van der Waals surface area contributed by atoms with Crippen molar-refractivity contribution in [2.75, 3.05) is 13.1 Å². The van der Waals surface area contributed by atoms with Crippen molar-refractivity contribution in [3.05, 3.63) is 63.7 Å². The van der Waals surface area contributed by atoms with Gasteiger partial charge in [-0.2, -0.15) is 0 Å². The van der Waals surface area contributed by atoms with Gasteiger partial charge in [-0.05, 0) is 57.0 Å². The Balaban J connectivity index is 1.67. The minimum absolute atomic E-state index is 0.0233. The Kier molecular flexibility index (Phi) is 4.95. The van der Waals surface area contributed by atoms with Crippen molar-refractivity contribution < 1.29 is 4.79 Å². The number of aryl methyl sites for hydroxylation is 2. The van der Waals surface area contributed by atoms with Gasteiger partial charge in [0.2, 0.25) is 0 Å². The summed E-state index contributed by atoms with van der Waals surface area (Å²) in [7, 11) is 0. The van der Waals surface area contributed by atoms with Crippen molar-refractivity contribution >= 4 is 23.6 Å². The molecule has 0 atom stereocenters. The smallest absolute Gasteiger partial charge is 0.254 e. The van der Waals surface area contributed by atoms with E-state index in [1.165, 1.54) is 5.57 Å². The van der Waals surface area contributed by atoms with E-state index in [2.05, 4.69) is 16.0 Å². The first kappa shape index (κ1) is 16.7. The minimum Gasteiger partial charge on any atom is -0.338 e. The Labute approximate surface area is 147 Å². The summed E-state index contributed by atoms with van der Waals surface area (Å²) >= 11 is 5.96. The third kappa shape index (κ3) is 4.01. The summed E-state index contributed by atoms with van der Waals surface area (Å²) in [5.41, 5.74) is 4.71. The number of halogens is 1. The van der Waals surface area contributed by atoms with Crippen LogP contribution in [0.25, 0.3) is 6.08 Å². The van der Waals surface area contributed by atoms with Gasteiger partial charge in [0.25, 0.3) is 5.91 Å². The zero-order valence-electron chi connectivity index (χ0n) is 13.9. The number of pyridine rings is 2. The van der Waals surface area contributed by atoms with Gasteiger partial charge in [-0.15, -0.1) is 0 Å². The Morgan fingerprint density at radius 1 is 1.12 bits per heavy atom. The second-order valence-corrected chi connectivity index (χ2v) is 6.51. The number of rotatable bonds is 2. The number of amides is 1. The predicted molar refractivity (Wildman–Crippen MR) is 96.1 cm³/mol. The first-order chi connectivity index (χ1) is 11.5. The fourth-order valence-electron chi connectivity index (χ4n) is 2.93. The molecule has 2 aromatic heterocycles. The molecule has 124 valence electrons. The largest absolute Gasteiger partial charge is 0.338 e. The highest BCUT2D eigenvalue weighted by atomic mass is 35.5. The zero-order chi connectivity index (χ0) is 17.1. The summed E-state index contributed by atoms with van der Waals surface area (Å²) < 4.78 is 0. The molecule has 1 aliphatic heterocycles.